The summed E-state index contributed by atoms with van der Waals surface area (Å²) in [5, 5.41) is 10.2. The van der Waals surface area contributed by atoms with Gasteiger partial charge in [0.2, 0.25) is 5.13 Å². The number of amides is 1. The van der Waals surface area contributed by atoms with E-state index in [0.29, 0.717) is 5.69 Å². The fourth-order valence-corrected chi connectivity index (χ4v) is 4.18. The van der Waals surface area contributed by atoms with E-state index in [2.05, 4.69) is 20.2 Å². The number of hydrogen-bond acceptors (Lipinski definition) is 6. The maximum atomic E-state index is 12.4. The van der Waals surface area contributed by atoms with Gasteiger partial charge in [0, 0.05) is 5.69 Å². The summed E-state index contributed by atoms with van der Waals surface area (Å²) < 4.78 is 26.9. The molecule has 0 bridgehead atoms. The van der Waals surface area contributed by atoms with Gasteiger partial charge >= 0.3 is 0 Å². The third-order valence-electron chi connectivity index (χ3n) is 3.28. The molecule has 0 atom stereocenters. The Labute approximate surface area is 159 Å². The summed E-state index contributed by atoms with van der Waals surface area (Å²) in [6, 6.07) is 13.4. The lowest BCUT2D eigenvalue weighted by Crippen LogP contribution is -2.12. The van der Waals surface area contributed by atoms with E-state index in [1.807, 2.05) is 6.92 Å². The molecule has 1 aromatic heterocycles. The lowest BCUT2D eigenvalue weighted by Gasteiger charge is -2.05. The van der Waals surface area contributed by atoms with Gasteiger partial charge in [-0.3, -0.25) is 14.8 Å². The molecule has 3 aromatic rings. The predicted molar refractivity (Wildman–Crippen MR) is 101 cm³/mol. The van der Waals surface area contributed by atoms with Gasteiger partial charge in [-0.05, 0) is 31.2 Å². The molecule has 0 spiro atoms. The van der Waals surface area contributed by atoms with Crippen LogP contribution in [0.25, 0.3) is 0 Å². The van der Waals surface area contributed by atoms with Gasteiger partial charge in [-0.25, -0.2) is 0 Å². The molecule has 134 valence electrons. The number of nitrogens with one attached hydrogen (secondary N) is 2. The molecule has 1 amide bonds. The maximum absolute atomic E-state index is 12.4. The number of aryl methyl sites for hydroxylation is 1. The maximum Gasteiger partial charge on any atom is 0.291 e. The summed E-state index contributed by atoms with van der Waals surface area (Å²) in [6.07, 6.45) is 0. The third-order valence-corrected chi connectivity index (χ3v) is 6.20. The van der Waals surface area contributed by atoms with Crippen LogP contribution in [0, 0.1) is 6.92 Å². The van der Waals surface area contributed by atoms with Crippen LogP contribution in [0.5, 0.6) is 0 Å². The number of aromatic nitrogens is 2. The zero-order valence-electron chi connectivity index (χ0n) is 13.4. The highest BCUT2D eigenvalue weighted by Crippen LogP contribution is 2.24. The van der Waals surface area contributed by atoms with Crippen molar-refractivity contribution in [2.24, 2.45) is 0 Å². The second-order valence-corrected chi connectivity index (χ2v) is 8.52. The Morgan fingerprint density at radius 3 is 2.46 bits per heavy atom. The molecule has 10 heteroatoms. The number of hydrogen-bond donors (Lipinski definition) is 2. The minimum Gasteiger partial charge on any atom is -0.296 e. The molecule has 26 heavy (non-hydrogen) atoms. The summed E-state index contributed by atoms with van der Waals surface area (Å²) in [7, 11) is -3.90. The van der Waals surface area contributed by atoms with Gasteiger partial charge in [-0.2, -0.15) is 8.42 Å². The number of carbonyl (C=O) groups excluding carboxylic acids is 1. The number of sulfonamides is 1. The molecule has 2 aromatic carbocycles. The molecule has 7 nitrogen and oxygen atoms in total. The average molecular weight is 409 g/mol. The number of benzene rings is 2. The highest BCUT2D eigenvalue weighted by atomic mass is 35.5. The number of halogens is 1. The van der Waals surface area contributed by atoms with Crippen LogP contribution in [0.4, 0.5) is 10.8 Å². The smallest absolute Gasteiger partial charge is 0.291 e. The van der Waals surface area contributed by atoms with Crippen LogP contribution in [0.3, 0.4) is 0 Å². The minimum absolute atomic E-state index is 0.0548. The minimum atomic E-state index is -3.90. The Balaban J connectivity index is 1.75. The van der Waals surface area contributed by atoms with Crippen LogP contribution < -0.4 is 10.0 Å². The fraction of sp³-hybridized carbons (Fsp3) is 0.0625. The molecule has 0 fully saturated rings. The molecule has 0 saturated carbocycles. The first-order valence-corrected chi connectivity index (χ1v) is 10.0. The molecule has 0 radical (unpaired) electrons. The van der Waals surface area contributed by atoms with Gasteiger partial charge in [0.25, 0.3) is 20.3 Å². The fourth-order valence-electron chi connectivity index (χ4n) is 2.00. The van der Waals surface area contributed by atoms with Gasteiger partial charge in [-0.15, -0.1) is 10.2 Å². The van der Waals surface area contributed by atoms with Gasteiger partial charge < -0.3 is 0 Å². The summed E-state index contributed by atoms with van der Waals surface area (Å²) in [5.74, 6) is -0.498. The van der Waals surface area contributed by atoms with Crippen molar-refractivity contribution < 1.29 is 13.2 Å². The zero-order chi connectivity index (χ0) is 18.7. The first kappa shape index (κ1) is 18.3. The first-order valence-electron chi connectivity index (χ1n) is 7.34. The highest BCUT2D eigenvalue weighted by Gasteiger charge is 2.21. The van der Waals surface area contributed by atoms with E-state index in [9.17, 15) is 13.2 Å². The molecule has 1 heterocycles. The first-order chi connectivity index (χ1) is 12.3. The van der Waals surface area contributed by atoms with Crippen molar-refractivity contribution >= 4 is 49.7 Å². The lowest BCUT2D eigenvalue weighted by molar-refractivity contribution is 0.102. The van der Waals surface area contributed by atoms with Crippen LogP contribution in [0.15, 0.2) is 52.9 Å². The van der Waals surface area contributed by atoms with Crippen LogP contribution in [-0.2, 0) is 10.0 Å². The Morgan fingerprint density at radius 2 is 1.77 bits per heavy atom. The Kier molecular flexibility index (Phi) is 5.21. The Hall–Kier alpha value is -2.49. The summed E-state index contributed by atoms with van der Waals surface area (Å²) >= 11 is 6.71. The molecular weight excluding hydrogens is 396 g/mol. The number of anilines is 2. The second-order valence-electron chi connectivity index (χ2n) is 5.28. The molecule has 0 saturated heterocycles. The van der Waals surface area contributed by atoms with Crippen molar-refractivity contribution in [2.45, 2.75) is 11.3 Å². The Bertz CT molecular complexity index is 1050. The molecule has 0 aliphatic heterocycles. The van der Waals surface area contributed by atoms with E-state index < -0.39 is 15.9 Å². The van der Waals surface area contributed by atoms with Gasteiger partial charge in [0.15, 0.2) is 0 Å². The third kappa shape index (κ3) is 4.18. The lowest BCUT2D eigenvalue weighted by atomic mass is 10.2. The van der Waals surface area contributed by atoms with E-state index in [-0.39, 0.29) is 20.1 Å². The predicted octanol–water partition coefficient (Wildman–Crippen LogP) is 3.55. The number of carbonyl (C=O) groups is 1. The highest BCUT2D eigenvalue weighted by molar-refractivity contribution is 7.94. The van der Waals surface area contributed by atoms with Crippen molar-refractivity contribution in [3.05, 3.63) is 64.7 Å². The summed E-state index contributed by atoms with van der Waals surface area (Å²) in [5.41, 5.74) is 1.67. The number of rotatable bonds is 5. The van der Waals surface area contributed by atoms with Crippen molar-refractivity contribution in [2.75, 3.05) is 10.0 Å². The average Bonchev–Trinajstić information content (AvgIpc) is 3.06. The second kappa shape index (κ2) is 7.40. The van der Waals surface area contributed by atoms with E-state index in [0.717, 1.165) is 16.9 Å². The molecule has 3 rings (SSSR count). The quantitative estimate of drug-likeness (QED) is 0.628. The van der Waals surface area contributed by atoms with Crippen LogP contribution in [0.1, 0.15) is 15.9 Å². The van der Waals surface area contributed by atoms with E-state index in [1.165, 1.54) is 0 Å². The van der Waals surface area contributed by atoms with E-state index in [4.69, 9.17) is 11.6 Å². The van der Waals surface area contributed by atoms with Gasteiger partial charge in [0.1, 0.15) is 0 Å². The van der Waals surface area contributed by atoms with Gasteiger partial charge in [0.05, 0.1) is 10.6 Å². The van der Waals surface area contributed by atoms with E-state index in [1.54, 1.807) is 48.5 Å². The normalized spacial score (nSPS) is 11.2. The van der Waals surface area contributed by atoms with Crippen molar-refractivity contribution in [3.63, 3.8) is 0 Å². The topological polar surface area (TPSA) is 101 Å². The van der Waals surface area contributed by atoms with Crippen LogP contribution in [0.2, 0.25) is 5.02 Å². The molecule has 0 aliphatic rings. The monoisotopic (exact) mass is 408 g/mol. The Morgan fingerprint density at radius 1 is 1.08 bits per heavy atom. The molecule has 0 aliphatic carbocycles. The standard InChI is InChI=1S/C16H13ClN4O3S2/c1-10-6-8-11(9-7-10)21-26(23,24)16-20-19-15(25-16)18-14(22)12-4-2-3-5-13(12)17/h2-9,21H,1H3,(H,18,19,22). The van der Waals surface area contributed by atoms with E-state index >= 15 is 0 Å². The zero-order valence-corrected chi connectivity index (χ0v) is 15.8. The summed E-state index contributed by atoms with van der Waals surface area (Å²) in [6.45, 7) is 1.90. The molecule has 2 N–H and O–H groups in total. The largest absolute Gasteiger partial charge is 0.296 e. The number of nitrogens with zero attached hydrogens (tertiary/aromatic N) is 2. The van der Waals surface area contributed by atoms with Crippen LogP contribution >= 0.6 is 22.9 Å². The van der Waals surface area contributed by atoms with Crippen molar-refractivity contribution in [3.8, 4) is 0 Å². The van der Waals surface area contributed by atoms with Crippen molar-refractivity contribution in [1.82, 2.24) is 10.2 Å². The molecule has 0 unspecified atom stereocenters. The molecular formula is C16H13ClN4O3S2. The van der Waals surface area contributed by atoms with Gasteiger partial charge in [-0.1, -0.05) is 52.8 Å². The van der Waals surface area contributed by atoms with Crippen LogP contribution in [-0.4, -0.2) is 24.5 Å². The summed E-state index contributed by atoms with van der Waals surface area (Å²) in [4.78, 5) is 12.2. The van der Waals surface area contributed by atoms with Crippen molar-refractivity contribution in [1.29, 1.82) is 0 Å². The SMILES string of the molecule is Cc1ccc(NS(=O)(=O)c2nnc(NC(=O)c3ccccc3Cl)s2)cc1.